The Morgan fingerprint density at radius 3 is 2.84 bits per heavy atom. The SMILES string of the molecule is O=C1CN(C(=O)c2ccc(Cl)cc2[N+](=O)[O-])CCN1. The minimum atomic E-state index is -0.664. The highest BCUT2D eigenvalue weighted by atomic mass is 35.5. The topological polar surface area (TPSA) is 92.5 Å². The molecule has 2 rings (SSSR count). The largest absolute Gasteiger partial charge is 0.353 e. The average Bonchev–Trinajstić information content (AvgIpc) is 2.37. The van der Waals surface area contributed by atoms with Crippen LogP contribution in [-0.2, 0) is 4.79 Å². The number of carbonyl (C=O) groups excluding carboxylic acids is 2. The van der Waals surface area contributed by atoms with Gasteiger partial charge in [-0.2, -0.15) is 0 Å². The fourth-order valence-electron chi connectivity index (χ4n) is 1.82. The fourth-order valence-corrected chi connectivity index (χ4v) is 1.99. The molecular weight excluding hydrogens is 274 g/mol. The van der Waals surface area contributed by atoms with Gasteiger partial charge in [-0.25, -0.2) is 0 Å². The third-order valence-electron chi connectivity index (χ3n) is 2.71. The van der Waals surface area contributed by atoms with Crippen molar-refractivity contribution in [2.75, 3.05) is 19.6 Å². The summed E-state index contributed by atoms with van der Waals surface area (Å²) >= 11 is 5.68. The van der Waals surface area contributed by atoms with Crippen molar-refractivity contribution < 1.29 is 14.5 Å². The van der Waals surface area contributed by atoms with Gasteiger partial charge >= 0.3 is 0 Å². The molecular formula is C11H10ClN3O4. The first kappa shape index (κ1) is 13.3. The number of halogens is 1. The van der Waals surface area contributed by atoms with E-state index in [4.69, 9.17) is 11.6 Å². The summed E-state index contributed by atoms with van der Waals surface area (Å²) in [6.07, 6.45) is 0. The van der Waals surface area contributed by atoms with E-state index in [1.165, 1.54) is 17.0 Å². The van der Waals surface area contributed by atoms with E-state index in [1.54, 1.807) is 0 Å². The molecule has 0 atom stereocenters. The normalized spacial score (nSPS) is 15.0. The molecule has 0 unspecified atom stereocenters. The zero-order chi connectivity index (χ0) is 14.0. The van der Waals surface area contributed by atoms with Crippen molar-refractivity contribution in [3.8, 4) is 0 Å². The number of nitro benzene ring substituents is 1. The summed E-state index contributed by atoms with van der Waals surface area (Å²) in [7, 11) is 0. The van der Waals surface area contributed by atoms with Crippen molar-refractivity contribution >= 4 is 29.1 Å². The summed E-state index contributed by atoms with van der Waals surface area (Å²) in [6, 6.07) is 3.83. The summed E-state index contributed by atoms with van der Waals surface area (Å²) < 4.78 is 0. The predicted molar refractivity (Wildman–Crippen MR) is 67.0 cm³/mol. The summed E-state index contributed by atoms with van der Waals surface area (Å²) in [5.41, 5.74) is -0.424. The van der Waals surface area contributed by atoms with Crippen molar-refractivity contribution in [1.29, 1.82) is 0 Å². The van der Waals surface area contributed by atoms with E-state index in [0.29, 0.717) is 13.1 Å². The number of hydrogen-bond donors (Lipinski definition) is 1. The Labute approximate surface area is 113 Å². The zero-order valence-electron chi connectivity index (χ0n) is 9.76. The lowest BCUT2D eigenvalue weighted by Crippen LogP contribution is -2.50. The van der Waals surface area contributed by atoms with E-state index in [9.17, 15) is 19.7 Å². The second-order valence-electron chi connectivity index (χ2n) is 4.00. The maximum atomic E-state index is 12.2. The van der Waals surface area contributed by atoms with Crippen LogP contribution in [0.1, 0.15) is 10.4 Å². The Morgan fingerprint density at radius 1 is 1.47 bits per heavy atom. The summed E-state index contributed by atoms with van der Waals surface area (Å²) in [4.78, 5) is 34.9. The van der Waals surface area contributed by atoms with Crippen LogP contribution in [0, 0.1) is 10.1 Å². The Hall–Kier alpha value is -2.15. The Bertz CT molecular complexity index is 561. The third kappa shape index (κ3) is 2.82. The van der Waals surface area contributed by atoms with Crippen LogP contribution in [0.4, 0.5) is 5.69 Å². The monoisotopic (exact) mass is 283 g/mol. The highest BCUT2D eigenvalue weighted by Gasteiger charge is 2.27. The fraction of sp³-hybridized carbons (Fsp3) is 0.273. The molecule has 1 heterocycles. The quantitative estimate of drug-likeness (QED) is 0.642. The number of hydrogen-bond acceptors (Lipinski definition) is 4. The first-order valence-corrected chi connectivity index (χ1v) is 5.87. The second-order valence-corrected chi connectivity index (χ2v) is 4.43. The molecule has 0 aromatic heterocycles. The number of rotatable bonds is 2. The molecule has 8 heteroatoms. The van der Waals surface area contributed by atoms with Gasteiger partial charge in [-0.3, -0.25) is 19.7 Å². The minimum Gasteiger partial charge on any atom is -0.353 e. The van der Waals surface area contributed by atoms with E-state index in [1.807, 2.05) is 0 Å². The molecule has 0 saturated carbocycles. The van der Waals surface area contributed by atoms with Gasteiger partial charge in [0.05, 0.1) is 11.5 Å². The Balaban J connectivity index is 2.33. The number of amides is 2. The standard InChI is InChI=1S/C11H10ClN3O4/c12-7-1-2-8(9(5-7)15(18)19)11(17)14-4-3-13-10(16)6-14/h1-2,5H,3-4,6H2,(H,13,16). The Morgan fingerprint density at radius 2 is 2.21 bits per heavy atom. The molecule has 19 heavy (non-hydrogen) atoms. The molecule has 100 valence electrons. The summed E-state index contributed by atoms with van der Waals surface area (Å²) in [5.74, 6) is -0.825. The molecule has 1 N–H and O–H groups in total. The van der Waals surface area contributed by atoms with Crippen LogP contribution in [0.25, 0.3) is 0 Å². The van der Waals surface area contributed by atoms with Crippen LogP contribution in [-0.4, -0.2) is 41.3 Å². The van der Waals surface area contributed by atoms with Gasteiger partial charge in [0.1, 0.15) is 5.56 Å². The molecule has 1 aromatic rings. The molecule has 1 aliphatic heterocycles. The van der Waals surface area contributed by atoms with Crippen LogP contribution in [0.5, 0.6) is 0 Å². The number of benzene rings is 1. The van der Waals surface area contributed by atoms with E-state index < -0.39 is 10.8 Å². The average molecular weight is 284 g/mol. The second kappa shape index (κ2) is 5.23. The van der Waals surface area contributed by atoms with Crippen molar-refractivity contribution in [3.05, 3.63) is 38.9 Å². The maximum Gasteiger partial charge on any atom is 0.283 e. The first-order chi connectivity index (χ1) is 8.99. The van der Waals surface area contributed by atoms with E-state index >= 15 is 0 Å². The number of nitro groups is 1. The lowest BCUT2D eigenvalue weighted by atomic mass is 10.1. The zero-order valence-corrected chi connectivity index (χ0v) is 10.5. The van der Waals surface area contributed by atoms with Gasteiger partial charge in [-0.05, 0) is 12.1 Å². The molecule has 2 amide bonds. The third-order valence-corrected chi connectivity index (χ3v) is 2.95. The smallest absolute Gasteiger partial charge is 0.283 e. The highest BCUT2D eigenvalue weighted by Crippen LogP contribution is 2.24. The summed E-state index contributed by atoms with van der Waals surface area (Å²) in [5, 5.41) is 13.7. The lowest BCUT2D eigenvalue weighted by molar-refractivity contribution is -0.385. The number of carbonyl (C=O) groups is 2. The molecule has 1 aromatic carbocycles. The molecule has 1 saturated heterocycles. The predicted octanol–water partition coefficient (Wildman–Crippen LogP) is 0.820. The van der Waals surface area contributed by atoms with Crippen LogP contribution in [0.2, 0.25) is 5.02 Å². The van der Waals surface area contributed by atoms with E-state index in [2.05, 4.69) is 5.32 Å². The van der Waals surface area contributed by atoms with Crippen molar-refractivity contribution in [2.45, 2.75) is 0 Å². The Kier molecular flexibility index (Phi) is 3.66. The lowest BCUT2D eigenvalue weighted by Gasteiger charge is -2.26. The molecule has 0 radical (unpaired) electrons. The first-order valence-electron chi connectivity index (χ1n) is 5.49. The van der Waals surface area contributed by atoms with Crippen molar-refractivity contribution in [3.63, 3.8) is 0 Å². The number of piperazine rings is 1. The molecule has 1 aliphatic rings. The number of nitrogens with one attached hydrogen (secondary N) is 1. The number of nitrogens with zero attached hydrogens (tertiary/aromatic N) is 2. The van der Waals surface area contributed by atoms with Gasteiger partial charge in [0, 0.05) is 24.2 Å². The molecule has 0 bridgehead atoms. The van der Waals surface area contributed by atoms with Crippen LogP contribution >= 0.6 is 11.6 Å². The molecule has 0 spiro atoms. The van der Waals surface area contributed by atoms with Gasteiger partial charge < -0.3 is 10.2 Å². The molecule has 7 nitrogen and oxygen atoms in total. The minimum absolute atomic E-state index is 0.0656. The molecule has 1 fully saturated rings. The van der Waals surface area contributed by atoms with Crippen LogP contribution < -0.4 is 5.32 Å². The van der Waals surface area contributed by atoms with Crippen LogP contribution in [0.15, 0.2) is 18.2 Å². The maximum absolute atomic E-state index is 12.2. The highest BCUT2D eigenvalue weighted by molar-refractivity contribution is 6.31. The van der Waals surface area contributed by atoms with Gasteiger partial charge in [0.2, 0.25) is 5.91 Å². The van der Waals surface area contributed by atoms with Gasteiger partial charge in [0.25, 0.3) is 11.6 Å². The van der Waals surface area contributed by atoms with E-state index in [-0.39, 0.29) is 28.7 Å². The van der Waals surface area contributed by atoms with Gasteiger partial charge in [-0.1, -0.05) is 11.6 Å². The van der Waals surface area contributed by atoms with Crippen LogP contribution in [0.3, 0.4) is 0 Å². The van der Waals surface area contributed by atoms with Gasteiger partial charge in [0.15, 0.2) is 0 Å². The summed E-state index contributed by atoms with van der Waals surface area (Å²) in [6.45, 7) is 0.564. The van der Waals surface area contributed by atoms with E-state index in [0.717, 1.165) is 6.07 Å². The van der Waals surface area contributed by atoms with Gasteiger partial charge in [-0.15, -0.1) is 0 Å². The van der Waals surface area contributed by atoms with Crippen molar-refractivity contribution in [2.24, 2.45) is 0 Å². The molecule has 0 aliphatic carbocycles. The van der Waals surface area contributed by atoms with Crippen molar-refractivity contribution in [1.82, 2.24) is 10.2 Å².